The van der Waals surface area contributed by atoms with Crippen LogP contribution in [0.2, 0.25) is 5.02 Å². The molecular formula is C22H23ClN4O4S. The summed E-state index contributed by atoms with van der Waals surface area (Å²) in [6.07, 6.45) is 4.70. The zero-order chi connectivity index (χ0) is 22.9. The summed E-state index contributed by atoms with van der Waals surface area (Å²) >= 11 is 6.34. The van der Waals surface area contributed by atoms with E-state index in [1.54, 1.807) is 41.5 Å². The lowest BCUT2D eigenvalue weighted by Crippen LogP contribution is -2.48. The fourth-order valence-corrected chi connectivity index (χ4v) is 5.52. The number of halogens is 1. The van der Waals surface area contributed by atoms with Crippen LogP contribution in [-0.2, 0) is 14.8 Å². The van der Waals surface area contributed by atoms with E-state index in [2.05, 4.69) is 10.3 Å². The van der Waals surface area contributed by atoms with Crippen molar-refractivity contribution in [3.05, 3.63) is 71.8 Å². The Labute approximate surface area is 191 Å². The highest BCUT2D eigenvalue weighted by Gasteiger charge is 2.32. The summed E-state index contributed by atoms with van der Waals surface area (Å²) in [7, 11) is -3.66. The third kappa shape index (κ3) is 4.71. The van der Waals surface area contributed by atoms with Gasteiger partial charge in [0.25, 0.3) is 5.91 Å². The minimum atomic E-state index is -3.66. The Morgan fingerprint density at radius 2 is 1.81 bits per heavy atom. The molecule has 2 atom stereocenters. The van der Waals surface area contributed by atoms with E-state index in [4.69, 9.17) is 16.3 Å². The Morgan fingerprint density at radius 3 is 2.41 bits per heavy atom. The first-order chi connectivity index (χ1) is 15.2. The molecule has 0 radical (unpaired) electrons. The number of hydrogen-bond donors (Lipinski definition) is 1. The van der Waals surface area contributed by atoms with Crippen molar-refractivity contribution in [1.29, 1.82) is 0 Å². The van der Waals surface area contributed by atoms with Crippen LogP contribution in [0.15, 0.2) is 66.1 Å². The van der Waals surface area contributed by atoms with Crippen molar-refractivity contribution in [1.82, 2.24) is 13.9 Å². The second-order valence-corrected chi connectivity index (χ2v) is 10.0. The maximum atomic E-state index is 13.0. The van der Waals surface area contributed by atoms with Crippen LogP contribution in [0.25, 0.3) is 5.69 Å². The zero-order valence-electron chi connectivity index (χ0n) is 17.6. The first kappa shape index (κ1) is 22.5. The molecule has 1 aliphatic heterocycles. The van der Waals surface area contributed by atoms with Gasteiger partial charge >= 0.3 is 0 Å². The Kier molecular flexibility index (Phi) is 6.34. The van der Waals surface area contributed by atoms with Gasteiger partial charge in [0.05, 0.1) is 34.1 Å². The molecule has 3 aromatic rings. The molecule has 1 aromatic heterocycles. The molecular weight excluding hydrogens is 452 g/mol. The molecule has 0 aliphatic carbocycles. The normalized spacial score (nSPS) is 19.6. The number of anilines is 1. The largest absolute Gasteiger partial charge is 0.373 e. The second kappa shape index (κ2) is 9.03. The van der Waals surface area contributed by atoms with E-state index in [9.17, 15) is 13.2 Å². The number of hydrogen-bond acceptors (Lipinski definition) is 5. The lowest BCUT2D eigenvalue weighted by atomic mass is 10.2. The number of benzene rings is 2. The minimum Gasteiger partial charge on any atom is -0.373 e. The third-order valence-corrected chi connectivity index (χ3v) is 7.28. The molecule has 1 saturated heterocycles. The first-order valence-corrected chi connectivity index (χ1v) is 11.9. The molecule has 1 N–H and O–H groups in total. The van der Waals surface area contributed by atoms with Gasteiger partial charge in [0.1, 0.15) is 0 Å². The molecule has 1 fully saturated rings. The maximum Gasteiger partial charge on any atom is 0.255 e. The number of amides is 1. The number of morpholine rings is 1. The third-order valence-electron chi connectivity index (χ3n) is 5.13. The van der Waals surface area contributed by atoms with Crippen LogP contribution < -0.4 is 5.32 Å². The van der Waals surface area contributed by atoms with Crippen molar-refractivity contribution in [2.75, 3.05) is 18.4 Å². The molecule has 1 amide bonds. The maximum absolute atomic E-state index is 13.0. The molecule has 4 rings (SSSR count). The van der Waals surface area contributed by atoms with Gasteiger partial charge in [-0.2, -0.15) is 4.31 Å². The lowest BCUT2D eigenvalue weighted by molar-refractivity contribution is -0.0440. The Hall–Kier alpha value is -2.72. The highest BCUT2D eigenvalue weighted by Crippen LogP contribution is 2.25. The molecule has 0 saturated carbocycles. The van der Waals surface area contributed by atoms with Crippen LogP contribution >= 0.6 is 11.6 Å². The molecule has 168 valence electrons. The fourth-order valence-electron chi connectivity index (χ4n) is 3.65. The van der Waals surface area contributed by atoms with Crippen LogP contribution in [0.5, 0.6) is 0 Å². The van der Waals surface area contributed by atoms with Crippen LogP contribution in [0.1, 0.15) is 24.2 Å². The monoisotopic (exact) mass is 474 g/mol. The van der Waals surface area contributed by atoms with Gasteiger partial charge in [0.2, 0.25) is 10.0 Å². The van der Waals surface area contributed by atoms with Gasteiger partial charge in [-0.25, -0.2) is 13.4 Å². The number of nitrogens with zero attached hydrogens (tertiary/aromatic N) is 3. The summed E-state index contributed by atoms with van der Waals surface area (Å²) in [6.45, 7) is 4.29. The molecule has 2 unspecified atom stereocenters. The van der Waals surface area contributed by atoms with Crippen molar-refractivity contribution in [3.63, 3.8) is 0 Å². The van der Waals surface area contributed by atoms with Crippen LogP contribution in [0.4, 0.5) is 5.69 Å². The summed E-state index contributed by atoms with van der Waals surface area (Å²) in [5, 5.41) is 3.23. The van der Waals surface area contributed by atoms with Crippen molar-refractivity contribution in [2.45, 2.75) is 31.0 Å². The van der Waals surface area contributed by atoms with E-state index in [1.807, 2.05) is 13.8 Å². The second-order valence-electron chi connectivity index (χ2n) is 7.69. The van der Waals surface area contributed by atoms with Gasteiger partial charge in [-0.1, -0.05) is 11.6 Å². The molecule has 2 aromatic carbocycles. The SMILES string of the molecule is CC1CN(S(=O)(=O)c2ccc(C(=O)Nc3ccc(-n4ccnc4)c(Cl)c3)cc2)CC(C)O1. The predicted octanol–water partition coefficient (Wildman–Crippen LogP) is 3.58. The number of imidazole rings is 1. The average Bonchev–Trinajstić information content (AvgIpc) is 3.28. The van der Waals surface area contributed by atoms with Gasteiger partial charge < -0.3 is 14.6 Å². The topological polar surface area (TPSA) is 93.5 Å². The van der Waals surface area contributed by atoms with E-state index >= 15 is 0 Å². The van der Waals surface area contributed by atoms with Crippen molar-refractivity contribution in [3.8, 4) is 5.69 Å². The quantitative estimate of drug-likeness (QED) is 0.610. The minimum absolute atomic E-state index is 0.142. The highest BCUT2D eigenvalue weighted by atomic mass is 35.5. The summed E-state index contributed by atoms with van der Waals surface area (Å²) in [5.74, 6) is -0.367. The summed E-state index contributed by atoms with van der Waals surface area (Å²) in [4.78, 5) is 16.8. The Balaban J connectivity index is 1.47. The number of aromatic nitrogens is 2. The first-order valence-electron chi connectivity index (χ1n) is 10.1. The standard InChI is InChI=1S/C22H23ClN4O4S/c1-15-12-27(13-16(2)31-15)32(29,30)19-6-3-17(4-7-19)22(28)25-18-5-8-21(20(23)11-18)26-10-9-24-14-26/h3-11,14-16H,12-13H2,1-2H3,(H,25,28). The number of ether oxygens (including phenoxy) is 1. The van der Waals surface area contributed by atoms with Gasteiger partial charge in [0, 0.05) is 36.7 Å². The van der Waals surface area contributed by atoms with Crippen LogP contribution in [-0.4, -0.2) is 53.5 Å². The van der Waals surface area contributed by atoms with E-state index in [0.29, 0.717) is 29.4 Å². The number of nitrogens with one attached hydrogen (secondary N) is 1. The summed E-state index contributed by atoms with van der Waals surface area (Å²) < 4.78 is 34.7. The van der Waals surface area contributed by atoms with Gasteiger partial charge in [-0.05, 0) is 56.3 Å². The van der Waals surface area contributed by atoms with Crippen LogP contribution in [0.3, 0.4) is 0 Å². The fraction of sp³-hybridized carbons (Fsp3) is 0.273. The molecule has 0 bridgehead atoms. The number of carbonyl (C=O) groups is 1. The molecule has 1 aliphatic rings. The van der Waals surface area contributed by atoms with E-state index in [1.165, 1.54) is 28.6 Å². The molecule has 0 spiro atoms. The Bertz CT molecular complexity index is 1200. The van der Waals surface area contributed by atoms with Gasteiger partial charge in [-0.3, -0.25) is 4.79 Å². The van der Waals surface area contributed by atoms with E-state index < -0.39 is 10.0 Å². The summed E-state index contributed by atoms with van der Waals surface area (Å²) in [6, 6.07) is 11.1. The highest BCUT2D eigenvalue weighted by molar-refractivity contribution is 7.89. The number of rotatable bonds is 5. The van der Waals surface area contributed by atoms with Crippen LogP contribution in [0, 0.1) is 0 Å². The molecule has 2 heterocycles. The zero-order valence-corrected chi connectivity index (χ0v) is 19.2. The van der Waals surface area contributed by atoms with E-state index in [-0.39, 0.29) is 23.0 Å². The molecule has 10 heteroatoms. The van der Waals surface area contributed by atoms with Crippen molar-refractivity contribution < 1.29 is 17.9 Å². The molecule has 8 nitrogen and oxygen atoms in total. The predicted molar refractivity (Wildman–Crippen MR) is 122 cm³/mol. The number of carbonyl (C=O) groups excluding carboxylic acids is 1. The smallest absolute Gasteiger partial charge is 0.255 e. The summed E-state index contributed by atoms with van der Waals surface area (Å²) in [5.41, 5.74) is 1.60. The average molecular weight is 475 g/mol. The lowest BCUT2D eigenvalue weighted by Gasteiger charge is -2.34. The Morgan fingerprint density at radius 1 is 1.12 bits per heavy atom. The molecule has 32 heavy (non-hydrogen) atoms. The van der Waals surface area contributed by atoms with Crippen molar-refractivity contribution >= 4 is 33.2 Å². The van der Waals surface area contributed by atoms with E-state index in [0.717, 1.165) is 5.69 Å². The van der Waals surface area contributed by atoms with Gasteiger partial charge in [0.15, 0.2) is 0 Å². The van der Waals surface area contributed by atoms with Gasteiger partial charge in [-0.15, -0.1) is 0 Å². The number of sulfonamides is 1. The van der Waals surface area contributed by atoms with Crippen molar-refractivity contribution in [2.24, 2.45) is 0 Å².